The molecule has 1 fully saturated rings. The van der Waals surface area contributed by atoms with Crippen LogP contribution in [0.25, 0.3) is 11.4 Å². The van der Waals surface area contributed by atoms with Crippen LogP contribution in [-0.4, -0.2) is 63.8 Å². The van der Waals surface area contributed by atoms with Gasteiger partial charge in [0.1, 0.15) is 5.82 Å². The number of ether oxygens (including phenoxy) is 1. The van der Waals surface area contributed by atoms with Crippen molar-refractivity contribution >= 4 is 5.91 Å². The predicted octanol–water partition coefficient (Wildman–Crippen LogP) is 0.595. The van der Waals surface area contributed by atoms with E-state index in [0.717, 1.165) is 44.8 Å². The highest BCUT2D eigenvalue weighted by Gasteiger charge is 2.11. The van der Waals surface area contributed by atoms with Gasteiger partial charge in [0.15, 0.2) is 5.82 Å². The van der Waals surface area contributed by atoms with Crippen LogP contribution < -0.4 is 5.32 Å². The number of aromatic nitrogens is 4. The van der Waals surface area contributed by atoms with Gasteiger partial charge in [-0.25, -0.2) is 4.98 Å². The van der Waals surface area contributed by atoms with Crippen molar-refractivity contribution in [3.8, 4) is 11.4 Å². The lowest BCUT2D eigenvalue weighted by atomic mass is 10.2. The number of amides is 1. The third-order valence-electron chi connectivity index (χ3n) is 3.91. The molecule has 0 saturated carbocycles. The van der Waals surface area contributed by atoms with Crippen LogP contribution in [0.4, 0.5) is 0 Å². The van der Waals surface area contributed by atoms with Crippen molar-refractivity contribution in [3.63, 3.8) is 0 Å². The van der Waals surface area contributed by atoms with Gasteiger partial charge in [-0.3, -0.25) is 19.8 Å². The third kappa shape index (κ3) is 4.84. The molecule has 1 aliphatic heterocycles. The third-order valence-corrected chi connectivity index (χ3v) is 3.91. The fraction of sp³-hybridized carbons (Fsp3) is 0.500. The van der Waals surface area contributed by atoms with Crippen molar-refractivity contribution in [3.05, 3.63) is 30.4 Å². The number of morpholine rings is 1. The molecule has 0 aromatic carbocycles. The first-order chi connectivity index (χ1) is 11.8. The maximum atomic E-state index is 11.9. The second kappa shape index (κ2) is 8.51. The van der Waals surface area contributed by atoms with E-state index in [4.69, 9.17) is 4.74 Å². The number of rotatable bonds is 7. The summed E-state index contributed by atoms with van der Waals surface area (Å²) in [6, 6.07) is 3.69. The van der Waals surface area contributed by atoms with E-state index in [-0.39, 0.29) is 5.91 Å². The second-order valence-corrected chi connectivity index (χ2v) is 5.68. The molecule has 0 spiro atoms. The van der Waals surface area contributed by atoms with Crippen molar-refractivity contribution in [2.75, 3.05) is 32.8 Å². The van der Waals surface area contributed by atoms with E-state index in [0.29, 0.717) is 24.6 Å². The summed E-state index contributed by atoms with van der Waals surface area (Å²) in [5.41, 5.74) is 0.893. The molecule has 3 rings (SSSR count). The molecule has 0 bridgehead atoms. The van der Waals surface area contributed by atoms with Crippen molar-refractivity contribution in [2.24, 2.45) is 0 Å². The molecule has 2 N–H and O–H groups in total. The van der Waals surface area contributed by atoms with Gasteiger partial charge in [-0.05, 0) is 25.1 Å². The molecule has 8 nitrogen and oxygen atoms in total. The summed E-state index contributed by atoms with van der Waals surface area (Å²) in [7, 11) is 0. The molecule has 1 amide bonds. The quantitative estimate of drug-likeness (QED) is 0.771. The molecule has 2 aromatic heterocycles. The number of hydrogen-bond acceptors (Lipinski definition) is 6. The number of carbonyl (C=O) groups is 1. The van der Waals surface area contributed by atoms with Crippen molar-refractivity contribution in [1.82, 2.24) is 30.4 Å². The second-order valence-electron chi connectivity index (χ2n) is 5.68. The van der Waals surface area contributed by atoms with E-state index in [1.807, 2.05) is 12.1 Å². The first-order valence-electron chi connectivity index (χ1n) is 8.20. The molecule has 0 unspecified atom stereocenters. The molecule has 3 heterocycles. The van der Waals surface area contributed by atoms with Crippen LogP contribution in [0.5, 0.6) is 0 Å². The van der Waals surface area contributed by atoms with Crippen LogP contribution in [0.2, 0.25) is 0 Å². The summed E-state index contributed by atoms with van der Waals surface area (Å²) >= 11 is 0. The molecule has 1 saturated heterocycles. The number of nitrogens with one attached hydrogen (secondary N) is 2. The minimum absolute atomic E-state index is 0.0325. The Hall–Kier alpha value is -2.32. The highest BCUT2D eigenvalue weighted by molar-refractivity contribution is 5.75. The lowest BCUT2D eigenvalue weighted by Gasteiger charge is -2.26. The van der Waals surface area contributed by atoms with E-state index in [1.165, 1.54) is 0 Å². The normalized spacial score (nSPS) is 15.3. The van der Waals surface area contributed by atoms with Gasteiger partial charge in [0, 0.05) is 37.5 Å². The van der Waals surface area contributed by atoms with Crippen LogP contribution in [0.1, 0.15) is 18.7 Å². The Kier molecular flexibility index (Phi) is 5.86. The van der Waals surface area contributed by atoms with Gasteiger partial charge in [0.25, 0.3) is 0 Å². The van der Waals surface area contributed by atoms with Crippen molar-refractivity contribution in [1.29, 1.82) is 0 Å². The van der Waals surface area contributed by atoms with Gasteiger partial charge < -0.3 is 10.1 Å². The van der Waals surface area contributed by atoms with E-state index >= 15 is 0 Å². The monoisotopic (exact) mass is 330 g/mol. The smallest absolute Gasteiger partial charge is 0.220 e. The zero-order valence-corrected chi connectivity index (χ0v) is 13.6. The van der Waals surface area contributed by atoms with Crippen LogP contribution in [0, 0.1) is 0 Å². The lowest BCUT2D eigenvalue weighted by Crippen LogP contribution is -2.37. The number of hydrogen-bond donors (Lipinski definition) is 2. The van der Waals surface area contributed by atoms with Crippen LogP contribution in [-0.2, 0) is 16.1 Å². The predicted molar refractivity (Wildman–Crippen MR) is 88.0 cm³/mol. The molecule has 8 heteroatoms. The number of nitrogens with zero attached hydrogens (tertiary/aromatic N) is 4. The first-order valence-corrected chi connectivity index (χ1v) is 8.20. The fourth-order valence-corrected chi connectivity index (χ4v) is 2.56. The molecule has 0 radical (unpaired) electrons. The molecule has 128 valence electrons. The van der Waals surface area contributed by atoms with Crippen LogP contribution in [0.15, 0.2) is 24.5 Å². The zero-order chi connectivity index (χ0) is 16.6. The summed E-state index contributed by atoms with van der Waals surface area (Å²) < 4.78 is 5.31. The number of aromatic amines is 1. The molecular weight excluding hydrogens is 308 g/mol. The van der Waals surface area contributed by atoms with Gasteiger partial charge >= 0.3 is 0 Å². The fourth-order valence-electron chi connectivity index (χ4n) is 2.56. The topological polar surface area (TPSA) is 96.0 Å². The van der Waals surface area contributed by atoms with Crippen LogP contribution in [0.3, 0.4) is 0 Å². The van der Waals surface area contributed by atoms with Gasteiger partial charge in [-0.15, -0.1) is 0 Å². The lowest BCUT2D eigenvalue weighted by molar-refractivity contribution is -0.121. The molecule has 0 aliphatic carbocycles. The summed E-state index contributed by atoms with van der Waals surface area (Å²) in [4.78, 5) is 22.6. The molecule has 1 aliphatic rings. The maximum Gasteiger partial charge on any atom is 0.220 e. The van der Waals surface area contributed by atoms with Gasteiger partial charge in [-0.2, -0.15) is 5.10 Å². The minimum atomic E-state index is 0.0325. The van der Waals surface area contributed by atoms with E-state index < -0.39 is 0 Å². The molecule has 24 heavy (non-hydrogen) atoms. The Labute approximate surface area is 140 Å². The Balaban J connectivity index is 1.38. The Morgan fingerprint density at radius 2 is 2.08 bits per heavy atom. The number of carbonyl (C=O) groups excluding carboxylic acids is 1. The zero-order valence-electron chi connectivity index (χ0n) is 13.6. The SMILES string of the molecule is O=C(CCCN1CCOCC1)NCc1nc(-c2ccncc2)n[nH]1. The number of H-pyrrole nitrogens is 1. The molecule has 2 aromatic rings. The summed E-state index contributed by atoms with van der Waals surface area (Å²) in [5, 5.41) is 9.88. The Morgan fingerprint density at radius 1 is 1.29 bits per heavy atom. The van der Waals surface area contributed by atoms with E-state index in [1.54, 1.807) is 12.4 Å². The van der Waals surface area contributed by atoms with Crippen LogP contribution >= 0.6 is 0 Å². The van der Waals surface area contributed by atoms with Gasteiger partial charge in [0.2, 0.25) is 5.91 Å². The van der Waals surface area contributed by atoms with Gasteiger partial charge in [-0.1, -0.05) is 0 Å². The maximum absolute atomic E-state index is 11.9. The van der Waals surface area contributed by atoms with Gasteiger partial charge in [0.05, 0.1) is 19.8 Å². The summed E-state index contributed by atoms with van der Waals surface area (Å²) in [6.07, 6.45) is 4.76. The molecular formula is C16H22N6O2. The highest BCUT2D eigenvalue weighted by Crippen LogP contribution is 2.12. The standard InChI is InChI=1S/C16H22N6O2/c23-15(2-1-7-22-8-10-24-11-9-22)18-12-14-19-16(21-20-14)13-3-5-17-6-4-13/h3-6H,1-2,7-12H2,(H,18,23)(H,19,20,21). The first kappa shape index (κ1) is 16.5. The minimum Gasteiger partial charge on any atom is -0.379 e. The van der Waals surface area contributed by atoms with E-state index in [9.17, 15) is 4.79 Å². The van der Waals surface area contributed by atoms with Crippen molar-refractivity contribution < 1.29 is 9.53 Å². The average molecular weight is 330 g/mol. The Bertz CT molecular complexity index is 639. The van der Waals surface area contributed by atoms with Crippen molar-refractivity contribution in [2.45, 2.75) is 19.4 Å². The highest BCUT2D eigenvalue weighted by atomic mass is 16.5. The number of pyridine rings is 1. The average Bonchev–Trinajstić information content (AvgIpc) is 3.11. The Morgan fingerprint density at radius 3 is 2.88 bits per heavy atom. The summed E-state index contributed by atoms with van der Waals surface area (Å²) in [5.74, 6) is 1.28. The largest absolute Gasteiger partial charge is 0.379 e. The molecule has 0 atom stereocenters. The summed E-state index contributed by atoms with van der Waals surface area (Å²) in [6.45, 7) is 4.78. The van der Waals surface area contributed by atoms with E-state index in [2.05, 4.69) is 30.4 Å².